The molecule has 1 aromatic heterocycles. The van der Waals surface area contributed by atoms with Crippen LogP contribution in [0.3, 0.4) is 0 Å². The van der Waals surface area contributed by atoms with Crippen molar-refractivity contribution in [2.45, 2.75) is 20.4 Å². The first kappa shape index (κ1) is 14.0. The first-order chi connectivity index (χ1) is 7.82. The van der Waals surface area contributed by atoms with E-state index in [-0.39, 0.29) is 0 Å². The number of carboxylic acids is 1. The molecule has 0 radical (unpaired) electrons. The van der Waals surface area contributed by atoms with Crippen LogP contribution in [0.15, 0.2) is 0 Å². The second-order valence-electron chi connectivity index (χ2n) is 4.41. The zero-order chi connectivity index (χ0) is 13.2. The van der Waals surface area contributed by atoms with Crippen molar-refractivity contribution in [2.75, 3.05) is 13.6 Å². The van der Waals surface area contributed by atoms with Crippen molar-refractivity contribution in [3.63, 3.8) is 0 Å². The Bertz CT molecular complexity index is 417. The molecule has 0 aliphatic rings. The fraction of sp³-hybridized carbons (Fsp3) is 0.636. The molecule has 1 N–H and O–H groups in total. The van der Waals surface area contributed by atoms with Gasteiger partial charge in [0.05, 0.1) is 11.6 Å². The van der Waals surface area contributed by atoms with E-state index in [4.69, 9.17) is 16.7 Å². The quantitative estimate of drug-likeness (QED) is 0.871. The number of carbonyl (C=O) groups is 1. The van der Waals surface area contributed by atoms with Gasteiger partial charge in [-0.05, 0) is 14.0 Å². The van der Waals surface area contributed by atoms with Crippen LogP contribution >= 0.6 is 11.6 Å². The van der Waals surface area contributed by atoms with Crippen LogP contribution in [-0.2, 0) is 18.4 Å². The largest absolute Gasteiger partial charge is 0.481 e. The maximum absolute atomic E-state index is 10.8. The van der Waals surface area contributed by atoms with Crippen molar-refractivity contribution in [3.05, 3.63) is 16.4 Å². The molecule has 0 amide bonds. The Labute approximate surface area is 106 Å². The summed E-state index contributed by atoms with van der Waals surface area (Å²) in [7, 11) is 3.67. The molecule has 0 saturated heterocycles. The lowest BCUT2D eigenvalue weighted by Gasteiger charge is -2.18. The van der Waals surface area contributed by atoms with Crippen molar-refractivity contribution in [3.8, 4) is 0 Å². The predicted octanol–water partition coefficient (Wildman–Crippen LogP) is 1.53. The van der Waals surface area contributed by atoms with E-state index in [2.05, 4.69) is 5.10 Å². The van der Waals surface area contributed by atoms with Gasteiger partial charge >= 0.3 is 5.97 Å². The Kier molecular flexibility index (Phi) is 4.54. The zero-order valence-electron chi connectivity index (χ0n) is 10.6. The molecule has 6 heteroatoms. The molecule has 5 nitrogen and oxygen atoms in total. The normalized spacial score (nSPS) is 13.1. The molecule has 1 atom stereocenters. The number of aromatic nitrogens is 2. The van der Waals surface area contributed by atoms with Gasteiger partial charge < -0.3 is 10.0 Å². The van der Waals surface area contributed by atoms with Gasteiger partial charge in [0.1, 0.15) is 5.15 Å². The summed E-state index contributed by atoms with van der Waals surface area (Å²) in [6, 6.07) is 0. The van der Waals surface area contributed by atoms with Gasteiger partial charge in [-0.2, -0.15) is 5.10 Å². The number of hydrogen-bond acceptors (Lipinski definition) is 3. The molecule has 0 bridgehead atoms. The minimum atomic E-state index is -0.786. The number of nitrogens with zero attached hydrogens (tertiary/aromatic N) is 3. The van der Waals surface area contributed by atoms with Gasteiger partial charge in [0.25, 0.3) is 0 Å². The predicted molar refractivity (Wildman–Crippen MR) is 66.1 cm³/mol. The van der Waals surface area contributed by atoms with Gasteiger partial charge in [-0.1, -0.05) is 18.5 Å². The van der Waals surface area contributed by atoms with Crippen LogP contribution in [0.5, 0.6) is 0 Å². The molecular formula is C11H18ClN3O2. The molecule has 96 valence electrons. The van der Waals surface area contributed by atoms with Crippen LogP contribution in [0, 0.1) is 12.8 Å². The standard InChI is InChI=1S/C11H18ClN3O2/c1-7(11(16)17)5-14(3)6-9-8(2)13-15(4)10(9)12/h7H,5-6H2,1-4H3,(H,16,17). The summed E-state index contributed by atoms with van der Waals surface area (Å²) in [4.78, 5) is 12.7. The Morgan fingerprint density at radius 1 is 1.65 bits per heavy atom. The number of rotatable bonds is 5. The molecule has 0 spiro atoms. The highest BCUT2D eigenvalue weighted by atomic mass is 35.5. The van der Waals surface area contributed by atoms with Crippen LogP contribution in [0.4, 0.5) is 0 Å². The van der Waals surface area contributed by atoms with E-state index in [0.717, 1.165) is 11.3 Å². The zero-order valence-corrected chi connectivity index (χ0v) is 11.3. The van der Waals surface area contributed by atoms with E-state index in [9.17, 15) is 4.79 Å². The molecule has 1 rings (SSSR count). The van der Waals surface area contributed by atoms with Gasteiger partial charge in [-0.25, -0.2) is 0 Å². The average Bonchev–Trinajstić information content (AvgIpc) is 2.45. The smallest absolute Gasteiger partial charge is 0.307 e. The third-order valence-electron chi connectivity index (χ3n) is 2.71. The maximum Gasteiger partial charge on any atom is 0.307 e. The van der Waals surface area contributed by atoms with Crippen molar-refractivity contribution in [1.29, 1.82) is 0 Å². The number of aliphatic carboxylic acids is 1. The summed E-state index contributed by atoms with van der Waals surface area (Å²) in [5, 5.41) is 13.7. The van der Waals surface area contributed by atoms with Crippen LogP contribution in [0.1, 0.15) is 18.2 Å². The molecule has 17 heavy (non-hydrogen) atoms. The lowest BCUT2D eigenvalue weighted by Crippen LogP contribution is -2.28. The highest BCUT2D eigenvalue weighted by molar-refractivity contribution is 6.30. The van der Waals surface area contributed by atoms with E-state index < -0.39 is 11.9 Å². The molecular weight excluding hydrogens is 242 g/mol. The SMILES string of the molecule is Cc1nn(C)c(Cl)c1CN(C)CC(C)C(=O)O. The van der Waals surface area contributed by atoms with Crippen molar-refractivity contribution in [1.82, 2.24) is 14.7 Å². The first-order valence-corrected chi connectivity index (χ1v) is 5.80. The van der Waals surface area contributed by atoms with E-state index >= 15 is 0 Å². The highest BCUT2D eigenvalue weighted by Crippen LogP contribution is 2.20. The maximum atomic E-state index is 10.8. The van der Waals surface area contributed by atoms with Crippen molar-refractivity contribution >= 4 is 17.6 Å². The molecule has 1 unspecified atom stereocenters. The van der Waals surface area contributed by atoms with Crippen LogP contribution in [0.2, 0.25) is 5.15 Å². The van der Waals surface area contributed by atoms with E-state index in [1.165, 1.54) is 0 Å². The number of hydrogen-bond donors (Lipinski definition) is 1. The summed E-state index contributed by atoms with van der Waals surface area (Å²) < 4.78 is 1.63. The first-order valence-electron chi connectivity index (χ1n) is 5.42. The summed E-state index contributed by atoms with van der Waals surface area (Å²) in [5.74, 6) is -1.18. The molecule has 0 aliphatic carbocycles. The van der Waals surface area contributed by atoms with Crippen LogP contribution in [0.25, 0.3) is 0 Å². The topological polar surface area (TPSA) is 58.4 Å². The molecule has 0 aromatic carbocycles. The lowest BCUT2D eigenvalue weighted by atomic mass is 10.1. The fourth-order valence-electron chi connectivity index (χ4n) is 1.73. The Balaban J connectivity index is 2.68. The molecule has 0 aliphatic heterocycles. The minimum absolute atomic E-state index is 0.393. The Morgan fingerprint density at radius 3 is 2.65 bits per heavy atom. The second-order valence-corrected chi connectivity index (χ2v) is 4.77. The summed E-state index contributed by atoms with van der Waals surface area (Å²) >= 11 is 6.11. The van der Waals surface area contributed by atoms with Gasteiger partial charge in [-0.15, -0.1) is 0 Å². The highest BCUT2D eigenvalue weighted by Gasteiger charge is 2.17. The second kappa shape index (κ2) is 5.51. The van der Waals surface area contributed by atoms with E-state index in [1.807, 2.05) is 18.9 Å². The Hall–Kier alpha value is -1.07. The molecule has 0 saturated carbocycles. The van der Waals surface area contributed by atoms with Crippen LogP contribution < -0.4 is 0 Å². The van der Waals surface area contributed by atoms with Gasteiger partial charge in [0.15, 0.2) is 0 Å². The monoisotopic (exact) mass is 259 g/mol. The summed E-state index contributed by atoms with van der Waals surface area (Å²) in [5.41, 5.74) is 1.83. The number of halogens is 1. The number of carboxylic acid groups (broad SMARTS) is 1. The Morgan fingerprint density at radius 2 is 2.24 bits per heavy atom. The fourth-order valence-corrected chi connectivity index (χ4v) is 1.97. The van der Waals surface area contributed by atoms with Gasteiger partial charge in [-0.3, -0.25) is 9.48 Å². The number of aryl methyl sites for hydroxylation is 2. The van der Waals surface area contributed by atoms with Gasteiger partial charge in [0, 0.05) is 25.7 Å². The molecule has 1 heterocycles. The van der Waals surface area contributed by atoms with E-state index in [0.29, 0.717) is 18.2 Å². The molecule has 0 fully saturated rings. The van der Waals surface area contributed by atoms with Crippen molar-refractivity contribution in [2.24, 2.45) is 13.0 Å². The van der Waals surface area contributed by atoms with Gasteiger partial charge in [0.2, 0.25) is 0 Å². The summed E-state index contributed by atoms with van der Waals surface area (Å²) in [6.45, 7) is 4.68. The third-order valence-corrected chi connectivity index (χ3v) is 3.18. The van der Waals surface area contributed by atoms with Crippen molar-refractivity contribution < 1.29 is 9.90 Å². The van der Waals surface area contributed by atoms with E-state index in [1.54, 1.807) is 18.7 Å². The van der Waals surface area contributed by atoms with Crippen LogP contribution in [-0.4, -0.2) is 39.3 Å². The third kappa shape index (κ3) is 3.44. The average molecular weight is 260 g/mol. The minimum Gasteiger partial charge on any atom is -0.481 e. The lowest BCUT2D eigenvalue weighted by molar-refractivity contribution is -0.141. The molecule has 1 aromatic rings. The summed E-state index contributed by atoms with van der Waals surface area (Å²) in [6.07, 6.45) is 0.